The lowest BCUT2D eigenvalue weighted by Crippen LogP contribution is -2.60. The molecule has 3 saturated heterocycles. The number of likely N-dealkylation sites (tertiary alicyclic amines) is 1. The zero-order chi connectivity index (χ0) is 28.7. The van der Waals surface area contributed by atoms with E-state index in [4.69, 9.17) is 4.74 Å². The normalized spacial score (nSPS) is 32.0. The van der Waals surface area contributed by atoms with Crippen LogP contribution in [-0.2, 0) is 19.1 Å². The van der Waals surface area contributed by atoms with Crippen LogP contribution in [0.1, 0.15) is 58.8 Å². The molecule has 1 aliphatic carbocycles. The second-order valence-electron chi connectivity index (χ2n) is 12.1. The van der Waals surface area contributed by atoms with E-state index in [1.165, 1.54) is 4.90 Å². The van der Waals surface area contributed by atoms with E-state index in [2.05, 4.69) is 13.2 Å². The van der Waals surface area contributed by atoms with Crippen LogP contribution in [0, 0.1) is 11.8 Å². The van der Waals surface area contributed by atoms with Gasteiger partial charge in [-0.2, -0.15) is 0 Å². The molecule has 8 nitrogen and oxygen atoms in total. The maximum Gasteiger partial charge on any atom is 0.248 e. The summed E-state index contributed by atoms with van der Waals surface area (Å²) in [6, 6.07) is 7.95. The first-order chi connectivity index (χ1) is 19.2. The van der Waals surface area contributed by atoms with E-state index in [1.54, 1.807) is 24.0 Å². The highest BCUT2D eigenvalue weighted by molar-refractivity contribution is 6.03. The molecule has 6 atom stereocenters. The van der Waals surface area contributed by atoms with Crippen molar-refractivity contribution in [1.82, 2.24) is 9.80 Å². The molecule has 3 heterocycles. The Morgan fingerprint density at radius 3 is 2.40 bits per heavy atom. The molecular formula is C32H43N3O5. The average molecular weight is 550 g/mol. The predicted octanol–water partition coefficient (Wildman–Crippen LogP) is 3.70. The fourth-order valence-corrected chi connectivity index (χ4v) is 7.92. The topological polar surface area (TPSA) is 90.4 Å². The second-order valence-corrected chi connectivity index (χ2v) is 12.1. The first kappa shape index (κ1) is 28.6. The third kappa shape index (κ3) is 4.40. The number of benzene rings is 1. The Morgan fingerprint density at radius 2 is 1.77 bits per heavy atom. The molecular weight excluding hydrogens is 506 g/mol. The Kier molecular flexibility index (Phi) is 7.94. The third-order valence-electron chi connectivity index (χ3n) is 9.72. The van der Waals surface area contributed by atoms with Gasteiger partial charge in [0, 0.05) is 24.8 Å². The second kappa shape index (κ2) is 11.1. The Hall–Kier alpha value is -2.97. The van der Waals surface area contributed by atoms with Gasteiger partial charge in [-0.15, -0.1) is 13.2 Å². The molecule has 8 heteroatoms. The van der Waals surface area contributed by atoms with Gasteiger partial charge in [-0.25, -0.2) is 0 Å². The highest BCUT2D eigenvalue weighted by atomic mass is 16.5. The molecule has 1 spiro atoms. The van der Waals surface area contributed by atoms with Crippen molar-refractivity contribution < 1.29 is 24.2 Å². The number of aliphatic hydroxyl groups excluding tert-OH is 1. The molecule has 4 aliphatic rings. The predicted molar refractivity (Wildman–Crippen MR) is 153 cm³/mol. The van der Waals surface area contributed by atoms with Crippen molar-refractivity contribution >= 4 is 23.4 Å². The summed E-state index contributed by atoms with van der Waals surface area (Å²) >= 11 is 0. The summed E-state index contributed by atoms with van der Waals surface area (Å²) in [6.45, 7) is 11.8. The van der Waals surface area contributed by atoms with Crippen molar-refractivity contribution in [2.24, 2.45) is 11.8 Å². The van der Waals surface area contributed by atoms with Crippen LogP contribution in [0.15, 0.2) is 55.6 Å². The Labute approximate surface area is 237 Å². The number of hydrogen-bond acceptors (Lipinski definition) is 5. The van der Waals surface area contributed by atoms with Crippen LogP contribution >= 0.6 is 0 Å². The van der Waals surface area contributed by atoms with Crippen molar-refractivity contribution in [2.75, 3.05) is 24.6 Å². The number of amides is 3. The molecule has 0 radical (unpaired) electrons. The Balaban J connectivity index is 1.57. The van der Waals surface area contributed by atoms with Gasteiger partial charge in [0.25, 0.3) is 0 Å². The molecule has 0 aromatic heterocycles. The highest BCUT2D eigenvalue weighted by Crippen LogP contribution is 2.64. The lowest BCUT2D eigenvalue weighted by atomic mass is 9.66. The van der Waals surface area contributed by atoms with Gasteiger partial charge < -0.3 is 24.5 Å². The van der Waals surface area contributed by atoms with E-state index in [9.17, 15) is 19.5 Å². The smallest absolute Gasteiger partial charge is 0.248 e. The van der Waals surface area contributed by atoms with E-state index in [0.29, 0.717) is 19.4 Å². The standard InChI is InChI=1S/C32H43N3O5/c1-5-19-33(23-13-9-7-10-14-23)28(37)25-26-29(38)35(22(3)21-36)27(32(26)18-17-31(25,4)40-32)30(39)34(20-6-2)24-15-11-8-12-16-24/h5-7,9-10,13-14,22,24-27,36H,1-2,8,11-12,15-21H2,3-4H3/t22-,25-,26+,27?,31+,32?/m1/s1. The number of aliphatic hydroxyl groups is 1. The zero-order valence-electron chi connectivity index (χ0n) is 23.8. The lowest BCUT2D eigenvalue weighted by Gasteiger charge is -2.42. The number of carbonyl (C=O) groups is 3. The van der Waals surface area contributed by atoms with Crippen LogP contribution in [0.5, 0.6) is 0 Å². The highest BCUT2D eigenvalue weighted by Gasteiger charge is 2.78. The minimum atomic E-state index is -1.13. The molecule has 2 bridgehead atoms. The first-order valence-corrected chi connectivity index (χ1v) is 14.8. The molecule has 216 valence electrons. The number of rotatable bonds is 10. The van der Waals surface area contributed by atoms with Crippen LogP contribution in [0.25, 0.3) is 0 Å². The third-order valence-corrected chi connectivity index (χ3v) is 9.72. The molecule has 3 aliphatic heterocycles. The summed E-state index contributed by atoms with van der Waals surface area (Å²) in [5, 5.41) is 10.2. The van der Waals surface area contributed by atoms with Gasteiger partial charge in [-0.05, 0) is 51.7 Å². The van der Waals surface area contributed by atoms with Crippen LogP contribution < -0.4 is 4.90 Å². The summed E-state index contributed by atoms with van der Waals surface area (Å²) in [5.74, 6) is -2.22. The van der Waals surface area contributed by atoms with E-state index >= 15 is 0 Å². The largest absolute Gasteiger partial charge is 0.394 e. The molecule has 5 rings (SSSR count). The van der Waals surface area contributed by atoms with Crippen molar-refractivity contribution in [3.05, 3.63) is 55.6 Å². The summed E-state index contributed by atoms with van der Waals surface area (Å²) < 4.78 is 6.82. The Bertz CT molecular complexity index is 1150. The number of para-hydroxylation sites is 1. The van der Waals surface area contributed by atoms with Crippen molar-refractivity contribution in [3.8, 4) is 0 Å². The van der Waals surface area contributed by atoms with Crippen molar-refractivity contribution in [2.45, 2.75) is 88.1 Å². The summed E-state index contributed by atoms with van der Waals surface area (Å²) in [6.07, 6.45) is 9.60. The van der Waals surface area contributed by atoms with E-state index in [-0.39, 0.29) is 36.9 Å². The molecule has 1 aromatic rings. The lowest BCUT2D eigenvalue weighted by molar-refractivity contribution is -0.156. The van der Waals surface area contributed by atoms with Crippen molar-refractivity contribution in [1.29, 1.82) is 0 Å². The first-order valence-electron chi connectivity index (χ1n) is 14.8. The van der Waals surface area contributed by atoms with Gasteiger partial charge >= 0.3 is 0 Å². The number of anilines is 1. The van der Waals surface area contributed by atoms with Gasteiger partial charge in [0.15, 0.2) is 0 Å². The van der Waals surface area contributed by atoms with Gasteiger partial charge in [0.1, 0.15) is 11.6 Å². The number of nitrogens with zero attached hydrogens (tertiary/aromatic N) is 3. The summed E-state index contributed by atoms with van der Waals surface area (Å²) in [5.41, 5.74) is -1.29. The fourth-order valence-electron chi connectivity index (χ4n) is 7.92. The van der Waals surface area contributed by atoms with E-state index in [0.717, 1.165) is 37.8 Å². The van der Waals surface area contributed by atoms with Crippen LogP contribution in [0.4, 0.5) is 5.69 Å². The SMILES string of the molecule is C=CCN(C(=O)[C@H]1[C@H]2C(=O)N([C@H](C)CO)C(C(=O)N(CC=C)C3CCCCC3)C23CC[C@]1(C)O3)c1ccccc1. The molecule has 4 fully saturated rings. The number of carbonyl (C=O) groups excluding carboxylic acids is 3. The number of fused-ring (bicyclic) bond motifs is 1. The molecule has 2 unspecified atom stereocenters. The fraction of sp³-hybridized carbons (Fsp3) is 0.594. The minimum absolute atomic E-state index is 0.0730. The van der Waals surface area contributed by atoms with E-state index < -0.39 is 35.1 Å². The van der Waals surface area contributed by atoms with E-state index in [1.807, 2.05) is 42.2 Å². The quantitative estimate of drug-likeness (QED) is 0.450. The van der Waals surface area contributed by atoms with Crippen molar-refractivity contribution in [3.63, 3.8) is 0 Å². The monoisotopic (exact) mass is 549 g/mol. The number of hydrogen-bond donors (Lipinski definition) is 1. The van der Waals surface area contributed by atoms with Gasteiger partial charge in [0.2, 0.25) is 17.7 Å². The molecule has 3 amide bonds. The number of ether oxygens (including phenoxy) is 1. The van der Waals surface area contributed by atoms with Gasteiger partial charge in [-0.3, -0.25) is 14.4 Å². The maximum atomic E-state index is 14.6. The molecule has 1 aromatic carbocycles. The molecule has 1 saturated carbocycles. The molecule has 1 N–H and O–H groups in total. The average Bonchev–Trinajstić information content (AvgIpc) is 3.55. The van der Waals surface area contributed by atoms with Crippen LogP contribution in [0.2, 0.25) is 0 Å². The molecule has 40 heavy (non-hydrogen) atoms. The minimum Gasteiger partial charge on any atom is -0.394 e. The Morgan fingerprint density at radius 1 is 1.10 bits per heavy atom. The van der Waals surface area contributed by atoms with Gasteiger partial charge in [0.05, 0.1) is 30.1 Å². The van der Waals surface area contributed by atoms with Gasteiger partial charge in [-0.1, -0.05) is 49.6 Å². The maximum absolute atomic E-state index is 14.6. The zero-order valence-corrected chi connectivity index (χ0v) is 23.8. The van der Waals surface area contributed by atoms with Crippen LogP contribution in [0.3, 0.4) is 0 Å². The summed E-state index contributed by atoms with van der Waals surface area (Å²) in [4.78, 5) is 48.4. The van der Waals surface area contributed by atoms with Crippen LogP contribution in [-0.4, -0.2) is 81.7 Å². The summed E-state index contributed by atoms with van der Waals surface area (Å²) in [7, 11) is 0.